The minimum atomic E-state index is -0.224. The van der Waals surface area contributed by atoms with Crippen molar-refractivity contribution < 1.29 is 0 Å². The number of hydrogen-bond acceptors (Lipinski definition) is 7. The van der Waals surface area contributed by atoms with Gasteiger partial charge in [-0.1, -0.05) is 12.1 Å². The van der Waals surface area contributed by atoms with Crippen molar-refractivity contribution in [2.45, 2.75) is 31.2 Å². The van der Waals surface area contributed by atoms with Crippen molar-refractivity contribution in [3.05, 3.63) is 77.5 Å². The van der Waals surface area contributed by atoms with E-state index in [0.717, 1.165) is 36.3 Å². The van der Waals surface area contributed by atoms with Gasteiger partial charge in [-0.3, -0.25) is 4.79 Å². The maximum atomic E-state index is 13.5. The lowest BCUT2D eigenvalue weighted by Crippen LogP contribution is -2.22. The third kappa shape index (κ3) is 3.53. The van der Waals surface area contributed by atoms with E-state index < -0.39 is 0 Å². The van der Waals surface area contributed by atoms with Crippen molar-refractivity contribution in [2.75, 3.05) is 13.1 Å². The molecule has 2 aliphatic rings. The van der Waals surface area contributed by atoms with E-state index in [9.17, 15) is 4.79 Å². The summed E-state index contributed by atoms with van der Waals surface area (Å²) in [5, 5.41) is 17.6. The first kappa shape index (κ1) is 20.2. The predicted octanol–water partition coefficient (Wildman–Crippen LogP) is 2.64. The quantitative estimate of drug-likeness (QED) is 0.425. The van der Waals surface area contributed by atoms with Crippen LogP contribution in [0, 0.1) is 0 Å². The molecule has 1 saturated heterocycles. The van der Waals surface area contributed by atoms with Gasteiger partial charge in [-0.05, 0) is 50.1 Å². The van der Waals surface area contributed by atoms with Crippen LogP contribution in [0.25, 0.3) is 33.8 Å². The zero-order chi connectivity index (χ0) is 23.4. The highest BCUT2D eigenvalue weighted by Crippen LogP contribution is 2.39. The summed E-state index contributed by atoms with van der Waals surface area (Å²) in [6, 6.07) is 11.6. The molecule has 0 radical (unpaired) electrons. The monoisotopic (exact) mass is 465 g/mol. The first-order valence-corrected chi connectivity index (χ1v) is 11.9. The fraction of sp³-hybridized carbons (Fsp3) is 0.280. The van der Waals surface area contributed by atoms with E-state index in [0.29, 0.717) is 28.6 Å². The zero-order valence-corrected chi connectivity index (χ0v) is 18.9. The maximum absolute atomic E-state index is 13.5. The number of pyridine rings is 1. The van der Waals surface area contributed by atoms with Gasteiger partial charge in [0.15, 0.2) is 11.6 Å². The average Bonchev–Trinajstić information content (AvgIpc) is 3.29. The number of rotatable bonds is 5. The Hall–Kier alpha value is -4.18. The third-order valence-corrected chi connectivity index (χ3v) is 6.85. The Kier molecular flexibility index (Phi) is 4.59. The van der Waals surface area contributed by atoms with Crippen LogP contribution in [0.4, 0.5) is 0 Å². The number of nitrogens with one attached hydrogen (secondary N) is 1. The van der Waals surface area contributed by atoms with Crippen molar-refractivity contribution in [3.8, 4) is 23.0 Å². The van der Waals surface area contributed by atoms with Gasteiger partial charge in [0.25, 0.3) is 5.56 Å². The molecule has 5 aromatic rings. The van der Waals surface area contributed by atoms with Crippen LogP contribution in [-0.2, 0) is 0 Å². The molecule has 35 heavy (non-hydrogen) atoms. The van der Waals surface area contributed by atoms with Crippen LogP contribution in [0.2, 0.25) is 0 Å². The largest absolute Gasteiger partial charge is 0.315 e. The second-order valence-corrected chi connectivity index (χ2v) is 9.20. The average molecular weight is 466 g/mol. The van der Waals surface area contributed by atoms with Crippen LogP contribution in [0.1, 0.15) is 36.9 Å². The SMILES string of the molecule is O=c1c2cc(-n3cnc(C4CC4)c3)ccc2cnn1-c1cccc(-c2nncn2C2CCNC2)n1. The van der Waals surface area contributed by atoms with Gasteiger partial charge >= 0.3 is 0 Å². The molecule has 0 bridgehead atoms. The molecule has 0 amide bonds. The lowest BCUT2D eigenvalue weighted by atomic mass is 10.2. The summed E-state index contributed by atoms with van der Waals surface area (Å²) in [5.74, 6) is 1.70. The van der Waals surface area contributed by atoms with Crippen LogP contribution < -0.4 is 10.9 Å². The molecule has 1 N–H and O–H groups in total. The van der Waals surface area contributed by atoms with E-state index in [-0.39, 0.29) is 11.6 Å². The topological polar surface area (TPSA) is 108 Å². The first-order valence-electron chi connectivity index (χ1n) is 11.9. The van der Waals surface area contributed by atoms with Crippen molar-refractivity contribution in [1.82, 2.24) is 44.4 Å². The van der Waals surface area contributed by atoms with E-state index >= 15 is 0 Å². The highest BCUT2D eigenvalue weighted by atomic mass is 16.1. The van der Waals surface area contributed by atoms with Gasteiger partial charge in [-0.25, -0.2) is 9.97 Å². The van der Waals surface area contributed by atoms with Crippen LogP contribution >= 0.6 is 0 Å². The zero-order valence-electron chi connectivity index (χ0n) is 18.9. The molecule has 10 nitrogen and oxygen atoms in total. The summed E-state index contributed by atoms with van der Waals surface area (Å²) in [5.41, 5.74) is 2.43. The summed E-state index contributed by atoms with van der Waals surface area (Å²) >= 11 is 0. The Balaban J connectivity index is 1.28. The van der Waals surface area contributed by atoms with Crippen molar-refractivity contribution in [2.24, 2.45) is 0 Å². The summed E-state index contributed by atoms with van der Waals surface area (Å²) in [4.78, 5) is 22.8. The molecule has 1 aliphatic heterocycles. The molecule has 1 aromatic carbocycles. The number of aromatic nitrogens is 8. The molecule has 1 saturated carbocycles. The highest BCUT2D eigenvalue weighted by Gasteiger charge is 2.26. The van der Waals surface area contributed by atoms with Gasteiger partial charge in [0.05, 0.1) is 29.6 Å². The minimum Gasteiger partial charge on any atom is -0.315 e. The molecule has 0 spiro atoms. The lowest BCUT2D eigenvalue weighted by Gasteiger charge is -2.13. The Morgan fingerprint density at radius 2 is 2.00 bits per heavy atom. The van der Waals surface area contributed by atoms with E-state index in [1.165, 1.54) is 17.5 Å². The maximum Gasteiger partial charge on any atom is 0.280 e. The molecule has 1 unspecified atom stereocenters. The standard InChI is InChI=1S/C25H23N9O/c35-25-20-10-18(32-13-22(27-14-32)16-4-5-16)7-6-17(20)11-29-34(25)23-3-1-2-21(30-23)24-31-28-15-33(24)19-8-9-26-12-19/h1-3,6-7,10-11,13-16,19,26H,4-5,8-9,12H2. The van der Waals surface area contributed by atoms with E-state index in [1.807, 2.05) is 41.2 Å². The second kappa shape index (κ2) is 7.95. The Labute approximate surface area is 200 Å². The van der Waals surface area contributed by atoms with Gasteiger partial charge in [-0.15, -0.1) is 10.2 Å². The van der Waals surface area contributed by atoms with Gasteiger partial charge in [0, 0.05) is 29.7 Å². The van der Waals surface area contributed by atoms with Crippen molar-refractivity contribution >= 4 is 10.8 Å². The normalized spacial score (nSPS) is 17.9. The summed E-state index contributed by atoms with van der Waals surface area (Å²) in [7, 11) is 0. The molecule has 174 valence electrons. The predicted molar refractivity (Wildman–Crippen MR) is 130 cm³/mol. The van der Waals surface area contributed by atoms with Crippen LogP contribution in [-0.4, -0.2) is 52.2 Å². The molecular formula is C25H23N9O. The molecule has 4 aromatic heterocycles. The van der Waals surface area contributed by atoms with Crippen LogP contribution in [0.15, 0.2) is 66.2 Å². The molecule has 1 aliphatic carbocycles. The Bertz CT molecular complexity index is 1600. The second-order valence-electron chi connectivity index (χ2n) is 9.20. The highest BCUT2D eigenvalue weighted by molar-refractivity contribution is 5.83. The minimum absolute atomic E-state index is 0.224. The number of imidazole rings is 1. The molecule has 7 rings (SSSR count). The number of fused-ring (bicyclic) bond motifs is 1. The molecular weight excluding hydrogens is 442 g/mol. The van der Waals surface area contributed by atoms with E-state index in [2.05, 4.69) is 36.4 Å². The van der Waals surface area contributed by atoms with Gasteiger partial charge in [0.2, 0.25) is 0 Å². The Morgan fingerprint density at radius 3 is 2.86 bits per heavy atom. The smallest absolute Gasteiger partial charge is 0.280 e. The van der Waals surface area contributed by atoms with E-state index in [1.54, 1.807) is 18.6 Å². The summed E-state index contributed by atoms with van der Waals surface area (Å²) in [6.07, 6.45) is 10.7. The first-order chi connectivity index (χ1) is 17.2. The fourth-order valence-electron chi connectivity index (χ4n) is 4.76. The third-order valence-electron chi connectivity index (χ3n) is 6.85. The lowest BCUT2D eigenvalue weighted by molar-refractivity contribution is 0.549. The van der Waals surface area contributed by atoms with E-state index in [4.69, 9.17) is 4.98 Å². The summed E-state index contributed by atoms with van der Waals surface area (Å²) < 4.78 is 5.37. The number of nitrogens with zero attached hydrogens (tertiary/aromatic N) is 8. The molecule has 10 heteroatoms. The molecule has 5 heterocycles. The number of hydrogen-bond donors (Lipinski definition) is 1. The fourth-order valence-corrected chi connectivity index (χ4v) is 4.76. The van der Waals surface area contributed by atoms with Crippen LogP contribution in [0.5, 0.6) is 0 Å². The van der Waals surface area contributed by atoms with Gasteiger partial charge in [-0.2, -0.15) is 9.78 Å². The Morgan fingerprint density at radius 1 is 1.06 bits per heavy atom. The summed E-state index contributed by atoms with van der Waals surface area (Å²) in [6.45, 7) is 1.84. The molecule has 2 fully saturated rings. The van der Waals surface area contributed by atoms with Crippen molar-refractivity contribution in [3.63, 3.8) is 0 Å². The van der Waals surface area contributed by atoms with Crippen LogP contribution in [0.3, 0.4) is 0 Å². The van der Waals surface area contributed by atoms with Gasteiger partial charge < -0.3 is 14.5 Å². The van der Waals surface area contributed by atoms with Crippen molar-refractivity contribution in [1.29, 1.82) is 0 Å². The number of benzene rings is 1. The molecule has 1 atom stereocenters. The van der Waals surface area contributed by atoms with Gasteiger partial charge in [0.1, 0.15) is 12.0 Å².